The summed E-state index contributed by atoms with van der Waals surface area (Å²) in [7, 11) is 1.75. The van der Waals surface area contributed by atoms with Crippen molar-refractivity contribution in [1.29, 1.82) is 0 Å². The fourth-order valence-electron chi connectivity index (χ4n) is 4.71. The van der Waals surface area contributed by atoms with Crippen LogP contribution >= 0.6 is 0 Å². The van der Waals surface area contributed by atoms with Crippen molar-refractivity contribution in [2.75, 3.05) is 20.2 Å². The van der Waals surface area contributed by atoms with Crippen molar-refractivity contribution in [2.45, 2.75) is 106 Å². The van der Waals surface area contributed by atoms with Crippen molar-refractivity contribution in [2.24, 2.45) is 17.8 Å². The fraction of sp³-hybridized carbons (Fsp3) is 0.815. The van der Waals surface area contributed by atoms with Gasteiger partial charge >= 0.3 is 5.97 Å². The fourth-order valence-corrected chi connectivity index (χ4v) is 4.71. The van der Waals surface area contributed by atoms with Crippen LogP contribution in [-0.4, -0.2) is 72.0 Å². The van der Waals surface area contributed by atoms with Crippen molar-refractivity contribution in [3.63, 3.8) is 0 Å². The third-order valence-corrected chi connectivity index (χ3v) is 6.99. The summed E-state index contributed by atoms with van der Waals surface area (Å²) >= 11 is 0. The molecule has 34 heavy (non-hydrogen) atoms. The zero-order valence-electron chi connectivity index (χ0n) is 23.2. The highest BCUT2D eigenvalue weighted by Crippen LogP contribution is 2.26. The van der Waals surface area contributed by atoms with Crippen LogP contribution in [0.4, 0.5) is 0 Å². The van der Waals surface area contributed by atoms with Crippen molar-refractivity contribution in [1.82, 2.24) is 15.1 Å². The molecule has 1 aliphatic rings. The second-order valence-electron chi connectivity index (χ2n) is 10.6. The Morgan fingerprint density at radius 1 is 1.06 bits per heavy atom. The Hall–Kier alpha value is -1.89. The third kappa shape index (κ3) is 8.10. The highest BCUT2D eigenvalue weighted by molar-refractivity contribution is 5.91. The minimum Gasteiger partial charge on any atom is -0.463 e. The Labute approximate surface area is 207 Å². The van der Waals surface area contributed by atoms with E-state index in [1.54, 1.807) is 31.9 Å². The number of carbonyl (C=O) groups is 3. The van der Waals surface area contributed by atoms with E-state index in [4.69, 9.17) is 4.74 Å². The Bertz CT molecular complexity index is 717. The Balaban J connectivity index is 3.07. The maximum atomic E-state index is 13.6. The quantitative estimate of drug-likeness (QED) is 0.358. The van der Waals surface area contributed by atoms with Crippen LogP contribution < -0.4 is 5.32 Å². The SMILES string of the molecule is CCOC(=O)/C(C)=C/[C@H](C(C)C)N(C)C(=O)C(NC(=O)C1CCC(CC)CN1C(C)C)C(C)C. The molecule has 0 aromatic rings. The first kappa shape index (κ1) is 30.1. The molecule has 7 nitrogen and oxygen atoms in total. The maximum Gasteiger partial charge on any atom is 0.333 e. The Kier molecular flexibility index (Phi) is 12.3. The highest BCUT2D eigenvalue weighted by Gasteiger charge is 2.37. The number of esters is 1. The van der Waals surface area contributed by atoms with E-state index in [0.717, 1.165) is 25.8 Å². The Morgan fingerprint density at radius 3 is 2.15 bits per heavy atom. The summed E-state index contributed by atoms with van der Waals surface area (Å²) in [5.74, 6) is 0.0424. The van der Waals surface area contributed by atoms with Gasteiger partial charge in [-0.3, -0.25) is 14.5 Å². The first-order chi connectivity index (χ1) is 15.8. The molecule has 0 spiro atoms. The van der Waals surface area contributed by atoms with Gasteiger partial charge in [0, 0.05) is 25.2 Å². The molecule has 1 rings (SSSR count). The van der Waals surface area contributed by atoms with Gasteiger partial charge in [-0.05, 0) is 58.3 Å². The van der Waals surface area contributed by atoms with Crippen molar-refractivity contribution in [3.05, 3.63) is 11.6 Å². The number of hydrogen-bond donors (Lipinski definition) is 1. The van der Waals surface area contributed by atoms with E-state index in [-0.39, 0.29) is 47.7 Å². The number of likely N-dealkylation sites (N-methyl/N-ethyl adjacent to an activating group) is 1. The van der Waals surface area contributed by atoms with Crippen LogP contribution in [-0.2, 0) is 19.1 Å². The topological polar surface area (TPSA) is 79.0 Å². The van der Waals surface area contributed by atoms with Gasteiger partial charge in [0.15, 0.2) is 0 Å². The molecule has 196 valence electrons. The number of nitrogens with zero attached hydrogens (tertiary/aromatic N) is 2. The summed E-state index contributed by atoms with van der Waals surface area (Å²) in [6, 6.07) is -0.869. The first-order valence-corrected chi connectivity index (χ1v) is 13.0. The molecule has 4 atom stereocenters. The number of nitrogens with one attached hydrogen (secondary N) is 1. The molecular formula is C27H49N3O4. The first-order valence-electron chi connectivity index (χ1n) is 13.0. The van der Waals surface area contributed by atoms with Gasteiger partial charge in [-0.15, -0.1) is 0 Å². The normalized spacial score (nSPS) is 21.5. The number of piperidine rings is 1. The predicted octanol–water partition coefficient (Wildman–Crippen LogP) is 4.02. The third-order valence-electron chi connectivity index (χ3n) is 6.99. The van der Waals surface area contributed by atoms with E-state index in [0.29, 0.717) is 18.1 Å². The van der Waals surface area contributed by atoms with Crippen LogP contribution in [0.15, 0.2) is 11.6 Å². The zero-order valence-corrected chi connectivity index (χ0v) is 23.2. The van der Waals surface area contributed by atoms with Crippen LogP contribution in [0.3, 0.4) is 0 Å². The lowest BCUT2D eigenvalue weighted by atomic mass is 9.89. The van der Waals surface area contributed by atoms with Crippen LogP contribution in [0.25, 0.3) is 0 Å². The second kappa shape index (κ2) is 13.9. The molecule has 1 aliphatic heterocycles. The molecule has 1 heterocycles. The lowest BCUT2D eigenvalue weighted by Crippen LogP contribution is -2.59. The van der Waals surface area contributed by atoms with Gasteiger partial charge in [-0.2, -0.15) is 0 Å². The largest absolute Gasteiger partial charge is 0.463 e. The zero-order chi connectivity index (χ0) is 26.2. The van der Waals surface area contributed by atoms with E-state index >= 15 is 0 Å². The van der Waals surface area contributed by atoms with Gasteiger partial charge in [-0.25, -0.2) is 4.79 Å². The van der Waals surface area contributed by atoms with E-state index < -0.39 is 6.04 Å². The van der Waals surface area contributed by atoms with Gasteiger partial charge in [0.2, 0.25) is 11.8 Å². The van der Waals surface area contributed by atoms with E-state index in [1.807, 2.05) is 27.7 Å². The molecule has 2 amide bonds. The highest BCUT2D eigenvalue weighted by atomic mass is 16.5. The minimum absolute atomic E-state index is 0.0666. The molecule has 0 bridgehead atoms. The number of ether oxygens (including phenoxy) is 1. The van der Waals surface area contributed by atoms with Crippen molar-refractivity contribution in [3.8, 4) is 0 Å². The monoisotopic (exact) mass is 479 g/mol. The molecule has 0 aromatic carbocycles. The average Bonchev–Trinajstić information content (AvgIpc) is 2.78. The van der Waals surface area contributed by atoms with Crippen LogP contribution in [0.1, 0.15) is 81.6 Å². The number of amides is 2. The van der Waals surface area contributed by atoms with Gasteiger partial charge in [0.1, 0.15) is 6.04 Å². The number of likely N-dealkylation sites (tertiary alicyclic amines) is 1. The summed E-state index contributed by atoms with van der Waals surface area (Å²) in [6.45, 7) is 19.1. The minimum atomic E-state index is -0.632. The van der Waals surface area contributed by atoms with Crippen LogP contribution in [0.5, 0.6) is 0 Å². The van der Waals surface area contributed by atoms with Crippen LogP contribution in [0, 0.1) is 17.8 Å². The van der Waals surface area contributed by atoms with Crippen molar-refractivity contribution >= 4 is 17.8 Å². The molecule has 7 heteroatoms. The molecule has 0 aromatic heterocycles. The van der Waals surface area contributed by atoms with Crippen molar-refractivity contribution < 1.29 is 19.1 Å². The van der Waals surface area contributed by atoms with Gasteiger partial charge in [0.05, 0.1) is 18.7 Å². The molecule has 0 radical (unpaired) electrons. The molecule has 0 saturated carbocycles. The molecule has 0 aliphatic carbocycles. The lowest BCUT2D eigenvalue weighted by Gasteiger charge is -2.42. The maximum absolute atomic E-state index is 13.6. The molecule has 1 fully saturated rings. The standard InChI is InChI=1S/C27H49N3O4/c1-11-21-13-14-22(30(16-21)19(7)8)25(31)28-24(18(5)6)26(32)29(10)23(17(3)4)15-20(9)27(33)34-12-2/h15,17-19,21-24H,11-14,16H2,1-10H3,(H,28,31)/b20-15+/t21?,22?,23-,24?/m1/s1. The van der Waals surface area contributed by atoms with Gasteiger partial charge in [0.25, 0.3) is 0 Å². The Morgan fingerprint density at radius 2 is 1.68 bits per heavy atom. The summed E-state index contributed by atoms with van der Waals surface area (Å²) in [5, 5.41) is 3.09. The molecular weight excluding hydrogens is 430 g/mol. The van der Waals surface area contributed by atoms with Crippen LogP contribution in [0.2, 0.25) is 0 Å². The summed E-state index contributed by atoms with van der Waals surface area (Å²) < 4.78 is 5.10. The summed E-state index contributed by atoms with van der Waals surface area (Å²) in [4.78, 5) is 43.1. The smallest absolute Gasteiger partial charge is 0.333 e. The molecule has 1 N–H and O–H groups in total. The molecule has 3 unspecified atom stereocenters. The lowest BCUT2D eigenvalue weighted by molar-refractivity contribution is -0.141. The molecule has 1 saturated heterocycles. The number of carbonyl (C=O) groups excluding carboxylic acids is 3. The number of rotatable bonds is 11. The summed E-state index contributed by atoms with van der Waals surface area (Å²) in [6.07, 6.45) is 4.76. The summed E-state index contributed by atoms with van der Waals surface area (Å²) in [5.41, 5.74) is 0.477. The van der Waals surface area contributed by atoms with E-state index in [2.05, 4.69) is 31.0 Å². The predicted molar refractivity (Wildman–Crippen MR) is 137 cm³/mol. The van der Waals surface area contributed by atoms with E-state index in [9.17, 15) is 14.4 Å². The van der Waals surface area contributed by atoms with E-state index in [1.165, 1.54) is 0 Å². The van der Waals surface area contributed by atoms with Gasteiger partial charge in [-0.1, -0.05) is 47.1 Å². The number of hydrogen-bond acceptors (Lipinski definition) is 5. The average molecular weight is 480 g/mol. The van der Waals surface area contributed by atoms with Gasteiger partial charge < -0.3 is 15.0 Å². The second-order valence-corrected chi connectivity index (χ2v) is 10.6.